The first kappa shape index (κ1) is 24.7. The Hall–Kier alpha value is -0.320. The van der Waals surface area contributed by atoms with Crippen LogP contribution in [0.4, 0.5) is 0 Å². The molecule has 0 aromatic carbocycles. The van der Waals surface area contributed by atoms with E-state index in [-0.39, 0.29) is 26.4 Å². The summed E-state index contributed by atoms with van der Waals surface area (Å²) >= 11 is 0. The highest BCUT2D eigenvalue weighted by molar-refractivity contribution is 4.66. The second-order valence-electron chi connectivity index (χ2n) is 6.03. The Balaban J connectivity index is 4.25. The van der Waals surface area contributed by atoms with E-state index in [0.29, 0.717) is 32.8 Å². The minimum Gasteiger partial charge on any atom is -0.395 e. The van der Waals surface area contributed by atoms with Crippen LogP contribution in [0.1, 0.15) is 13.3 Å². The second-order valence-corrected chi connectivity index (χ2v) is 6.03. The van der Waals surface area contributed by atoms with Crippen molar-refractivity contribution in [3.63, 3.8) is 0 Å². The van der Waals surface area contributed by atoms with Gasteiger partial charge in [0, 0.05) is 65.5 Å². The van der Waals surface area contributed by atoms with Crippen LogP contribution in [0.5, 0.6) is 0 Å². The molecular formula is C17H39N3O5. The van der Waals surface area contributed by atoms with Crippen molar-refractivity contribution in [2.24, 2.45) is 0 Å². The van der Waals surface area contributed by atoms with Crippen molar-refractivity contribution in [3.8, 4) is 0 Å². The molecule has 0 aliphatic carbocycles. The van der Waals surface area contributed by atoms with Crippen LogP contribution in [0.3, 0.4) is 0 Å². The molecule has 0 aliphatic rings. The Labute approximate surface area is 152 Å². The molecule has 4 N–H and O–H groups in total. The molecule has 0 saturated carbocycles. The summed E-state index contributed by atoms with van der Waals surface area (Å²) in [5.74, 6) is 0. The molecule has 0 spiro atoms. The fraction of sp³-hybridized carbons (Fsp3) is 1.00. The number of nitrogens with zero attached hydrogens (tertiary/aromatic N) is 3. The number of aliphatic hydroxyl groups is 4. The Morgan fingerprint density at radius 3 is 1.24 bits per heavy atom. The van der Waals surface area contributed by atoms with Gasteiger partial charge in [0.2, 0.25) is 0 Å². The van der Waals surface area contributed by atoms with E-state index < -0.39 is 0 Å². The van der Waals surface area contributed by atoms with Gasteiger partial charge in [-0.05, 0) is 6.42 Å². The summed E-state index contributed by atoms with van der Waals surface area (Å²) < 4.78 is 5.52. The van der Waals surface area contributed by atoms with Gasteiger partial charge in [0.05, 0.1) is 33.0 Å². The summed E-state index contributed by atoms with van der Waals surface area (Å²) in [6, 6.07) is 0. The maximum atomic E-state index is 9.27. The highest BCUT2D eigenvalue weighted by atomic mass is 16.5. The van der Waals surface area contributed by atoms with Crippen LogP contribution in [0, 0.1) is 0 Å². The summed E-state index contributed by atoms with van der Waals surface area (Å²) in [4.78, 5) is 6.34. The van der Waals surface area contributed by atoms with E-state index in [2.05, 4.69) is 16.7 Å². The van der Waals surface area contributed by atoms with Crippen molar-refractivity contribution in [1.29, 1.82) is 0 Å². The van der Waals surface area contributed by atoms with E-state index in [4.69, 9.17) is 14.9 Å². The zero-order chi connectivity index (χ0) is 18.8. The van der Waals surface area contributed by atoms with Crippen LogP contribution in [0.25, 0.3) is 0 Å². The lowest BCUT2D eigenvalue weighted by Crippen LogP contribution is -2.43. The Morgan fingerprint density at radius 1 is 0.520 bits per heavy atom. The average Bonchev–Trinajstić information content (AvgIpc) is 2.61. The quantitative estimate of drug-likeness (QED) is 0.201. The van der Waals surface area contributed by atoms with Crippen molar-refractivity contribution in [1.82, 2.24) is 14.7 Å². The van der Waals surface area contributed by atoms with E-state index in [1.807, 2.05) is 4.90 Å². The Bertz CT molecular complexity index is 269. The fourth-order valence-electron chi connectivity index (χ4n) is 2.58. The SMILES string of the molecule is CCCOCCN(CCO)CCN(CCO)CCN(CCO)CCO. The summed E-state index contributed by atoms with van der Waals surface area (Å²) in [5.41, 5.74) is 0. The van der Waals surface area contributed by atoms with Crippen molar-refractivity contribution in [3.05, 3.63) is 0 Å². The lowest BCUT2D eigenvalue weighted by Gasteiger charge is -2.29. The van der Waals surface area contributed by atoms with Crippen LogP contribution in [0.2, 0.25) is 0 Å². The highest BCUT2D eigenvalue weighted by Gasteiger charge is 2.11. The first-order chi connectivity index (χ1) is 12.2. The van der Waals surface area contributed by atoms with Gasteiger partial charge in [-0.1, -0.05) is 6.92 Å². The molecule has 8 nitrogen and oxygen atoms in total. The number of aliphatic hydroxyl groups excluding tert-OH is 4. The van der Waals surface area contributed by atoms with E-state index in [0.717, 1.165) is 45.8 Å². The smallest absolute Gasteiger partial charge is 0.0593 e. The normalized spacial score (nSPS) is 12.0. The van der Waals surface area contributed by atoms with Crippen LogP contribution in [-0.4, -0.2) is 134 Å². The summed E-state index contributed by atoms with van der Waals surface area (Å²) in [6.45, 7) is 10.0. The maximum absolute atomic E-state index is 9.27. The minimum absolute atomic E-state index is 0.0715. The Morgan fingerprint density at radius 2 is 0.880 bits per heavy atom. The number of ether oxygens (including phenoxy) is 1. The molecule has 0 atom stereocenters. The summed E-state index contributed by atoms with van der Waals surface area (Å²) in [5, 5.41) is 36.6. The van der Waals surface area contributed by atoms with Gasteiger partial charge in [0.25, 0.3) is 0 Å². The lowest BCUT2D eigenvalue weighted by molar-refractivity contribution is 0.0852. The molecule has 0 bridgehead atoms. The maximum Gasteiger partial charge on any atom is 0.0593 e. The van der Waals surface area contributed by atoms with Gasteiger partial charge in [0.1, 0.15) is 0 Å². The van der Waals surface area contributed by atoms with Gasteiger partial charge >= 0.3 is 0 Å². The van der Waals surface area contributed by atoms with Gasteiger partial charge < -0.3 is 25.2 Å². The number of hydrogen-bond acceptors (Lipinski definition) is 8. The molecule has 0 aromatic rings. The van der Waals surface area contributed by atoms with Gasteiger partial charge in [-0.25, -0.2) is 0 Å². The van der Waals surface area contributed by atoms with Crippen LogP contribution >= 0.6 is 0 Å². The third-order valence-corrected chi connectivity index (χ3v) is 4.03. The van der Waals surface area contributed by atoms with Crippen molar-refractivity contribution >= 4 is 0 Å². The number of rotatable bonds is 19. The van der Waals surface area contributed by atoms with Crippen molar-refractivity contribution < 1.29 is 25.2 Å². The third-order valence-electron chi connectivity index (χ3n) is 4.03. The molecule has 0 radical (unpaired) electrons. The highest BCUT2D eigenvalue weighted by Crippen LogP contribution is 1.96. The fourth-order valence-corrected chi connectivity index (χ4v) is 2.58. The third kappa shape index (κ3) is 14.5. The number of hydrogen-bond donors (Lipinski definition) is 4. The van der Waals surface area contributed by atoms with Gasteiger partial charge in [-0.3, -0.25) is 14.7 Å². The molecule has 0 aliphatic heterocycles. The topological polar surface area (TPSA) is 99.9 Å². The van der Waals surface area contributed by atoms with Gasteiger partial charge in [-0.15, -0.1) is 0 Å². The first-order valence-corrected chi connectivity index (χ1v) is 9.40. The van der Waals surface area contributed by atoms with Gasteiger partial charge in [-0.2, -0.15) is 0 Å². The lowest BCUT2D eigenvalue weighted by atomic mass is 10.3. The van der Waals surface area contributed by atoms with Crippen LogP contribution in [0.15, 0.2) is 0 Å². The largest absolute Gasteiger partial charge is 0.395 e. The van der Waals surface area contributed by atoms with E-state index >= 15 is 0 Å². The molecule has 0 amide bonds. The predicted octanol–water partition coefficient (Wildman–Crippen LogP) is -1.71. The van der Waals surface area contributed by atoms with E-state index in [9.17, 15) is 10.2 Å². The first-order valence-electron chi connectivity index (χ1n) is 9.40. The zero-order valence-electron chi connectivity index (χ0n) is 15.9. The molecule has 0 saturated heterocycles. The summed E-state index contributed by atoms with van der Waals surface area (Å²) in [7, 11) is 0. The summed E-state index contributed by atoms with van der Waals surface area (Å²) in [6.07, 6.45) is 1.00. The molecule has 0 fully saturated rings. The van der Waals surface area contributed by atoms with Crippen LogP contribution in [-0.2, 0) is 4.74 Å². The molecule has 8 heteroatoms. The molecule has 0 heterocycles. The Kier molecular flexibility index (Phi) is 18.2. The van der Waals surface area contributed by atoms with Crippen molar-refractivity contribution in [2.45, 2.75) is 13.3 Å². The monoisotopic (exact) mass is 365 g/mol. The second kappa shape index (κ2) is 18.5. The molecule has 152 valence electrons. The molecule has 0 rings (SSSR count). The van der Waals surface area contributed by atoms with Gasteiger partial charge in [0.15, 0.2) is 0 Å². The molecule has 0 aromatic heterocycles. The van der Waals surface area contributed by atoms with E-state index in [1.165, 1.54) is 0 Å². The molecular weight excluding hydrogens is 326 g/mol. The van der Waals surface area contributed by atoms with E-state index in [1.54, 1.807) is 0 Å². The predicted molar refractivity (Wildman–Crippen MR) is 98.8 cm³/mol. The zero-order valence-corrected chi connectivity index (χ0v) is 15.9. The van der Waals surface area contributed by atoms with Crippen LogP contribution < -0.4 is 0 Å². The average molecular weight is 366 g/mol. The molecule has 25 heavy (non-hydrogen) atoms. The minimum atomic E-state index is 0.0715. The van der Waals surface area contributed by atoms with Crippen molar-refractivity contribution in [2.75, 3.05) is 98.5 Å². The standard InChI is InChI=1S/C17H39N3O5/c1-2-16-25-17-11-20(10-15-24)6-4-18(7-12-21)3-5-19(8-13-22)9-14-23/h21-24H,2-17H2,1H3. The molecule has 0 unspecified atom stereocenters.